The highest BCUT2D eigenvalue weighted by Crippen LogP contribution is 2.17. The second kappa shape index (κ2) is 11.0. The maximum absolute atomic E-state index is 12.1. The van der Waals surface area contributed by atoms with Gasteiger partial charge in [0.05, 0.1) is 5.56 Å². The van der Waals surface area contributed by atoms with Crippen LogP contribution in [0.3, 0.4) is 0 Å². The van der Waals surface area contributed by atoms with Crippen LogP contribution < -0.4 is 10.8 Å². The predicted octanol–water partition coefficient (Wildman–Crippen LogP) is 4.40. The molecule has 0 aliphatic rings. The number of esters is 1. The van der Waals surface area contributed by atoms with E-state index in [4.69, 9.17) is 9.57 Å². The molecule has 1 rings (SSSR count). The summed E-state index contributed by atoms with van der Waals surface area (Å²) in [5.74, 6) is -0.434. The highest BCUT2D eigenvalue weighted by atomic mass is 16.7. The number of hydrogen-bond donors (Lipinski definition) is 2. The van der Waals surface area contributed by atoms with Gasteiger partial charge in [-0.1, -0.05) is 39.8 Å². The van der Waals surface area contributed by atoms with Crippen LogP contribution in [0.15, 0.2) is 24.3 Å². The molecule has 168 valence electrons. The van der Waals surface area contributed by atoms with E-state index in [9.17, 15) is 14.4 Å². The lowest BCUT2D eigenvalue weighted by molar-refractivity contribution is -0.129. The van der Waals surface area contributed by atoms with Gasteiger partial charge in [0.1, 0.15) is 5.60 Å². The van der Waals surface area contributed by atoms with Gasteiger partial charge in [0.2, 0.25) is 0 Å². The Kier molecular flexibility index (Phi) is 9.33. The van der Waals surface area contributed by atoms with Crippen LogP contribution in [-0.2, 0) is 20.8 Å². The summed E-state index contributed by atoms with van der Waals surface area (Å²) in [6.07, 6.45) is 1.00. The van der Waals surface area contributed by atoms with E-state index in [1.807, 2.05) is 60.6 Å². The Morgan fingerprint density at radius 2 is 1.60 bits per heavy atom. The number of carbonyl (C=O) groups excluding carboxylic acids is 3. The highest BCUT2D eigenvalue weighted by molar-refractivity contribution is 5.89. The average Bonchev–Trinajstić information content (AvgIpc) is 2.61. The molecule has 1 aromatic rings. The van der Waals surface area contributed by atoms with E-state index in [1.165, 1.54) is 0 Å². The third kappa shape index (κ3) is 11.4. The van der Waals surface area contributed by atoms with Crippen LogP contribution in [0.5, 0.6) is 0 Å². The number of hydroxylamine groups is 1. The highest BCUT2D eigenvalue weighted by Gasteiger charge is 2.18. The quantitative estimate of drug-likeness (QED) is 0.503. The molecule has 0 heterocycles. The minimum atomic E-state index is -0.670. The van der Waals surface area contributed by atoms with E-state index in [1.54, 1.807) is 12.1 Å². The third-order valence-corrected chi connectivity index (χ3v) is 4.06. The Balaban J connectivity index is 2.35. The molecule has 0 bridgehead atoms. The summed E-state index contributed by atoms with van der Waals surface area (Å²) < 4.78 is 5.36. The number of ether oxygens (including phenoxy) is 1. The fourth-order valence-electron chi connectivity index (χ4n) is 2.52. The lowest BCUT2D eigenvalue weighted by Crippen LogP contribution is -2.37. The van der Waals surface area contributed by atoms with Crippen LogP contribution in [-0.4, -0.2) is 30.1 Å². The molecule has 2 N–H and O–H groups in total. The van der Waals surface area contributed by atoms with E-state index in [-0.39, 0.29) is 29.6 Å². The SMILES string of the molecule is CC(CCC(=O)NOC(=O)NCC(C)(C)C)Cc1ccc(C(=O)OC(C)(C)C)cc1. The van der Waals surface area contributed by atoms with Crippen molar-refractivity contribution in [1.82, 2.24) is 10.8 Å². The molecule has 7 heteroatoms. The zero-order valence-corrected chi connectivity index (χ0v) is 19.3. The van der Waals surface area contributed by atoms with E-state index in [0.717, 1.165) is 12.0 Å². The van der Waals surface area contributed by atoms with Crippen molar-refractivity contribution in [1.29, 1.82) is 0 Å². The normalized spacial score (nSPS) is 12.6. The number of hydrogen-bond acceptors (Lipinski definition) is 5. The fourth-order valence-corrected chi connectivity index (χ4v) is 2.52. The minimum Gasteiger partial charge on any atom is -0.456 e. The molecule has 0 aliphatic heterocycles. The van der Waals surface area contributed by atoms with Crippen molar-refractivity contribution in [3.8, 4) is 0 Å². The maximum atomic E-state index is 12.1. The summed E-state index contributed by atoms with van der Waals surface area (Å²) in [6, 6.07) is 7.32. The number of nitrogens with one attached hydrogen (secondary N) is 2. The summed E-state index contributed by atoms with van der Waals surface area (Å²) >= 11 is 0. The van der Waals surface area contributed by atoms with Crippen molar-refractivity contribution < 1.29 is 24.0 Å². The van der Waals surface area contributed by atoms with Gasteiger partial charge in [-0.3, -0.25) is 4.79 Å². The predicted molar refractivity (Wildman–Crippen MR) is 116 cm³/mol. The topological polar surface area (TPSA) is 93.7 Å². The van der Waals surface area contributed by atoms with Crippen LogP contribution >= 0.6 is 0 Å². The van der Waals surface area contributed by atoms with Gasteiger partial charge in [-0.25, -0.2) is 9.59 Å². The number of amides is 2. The molecule has 7 nitrogen and oxygen atoms in total. The van der Waals surface area contributed by atoms with Gasteiger partial charge < -0.3 is 14.9 Å². The first-order valence-electron chi connectivity index (χ1n) is 10.3. The molecule has 0 spiro atoms. The Bertz CT molecular complexity index is 715. The first kappa shape index (κ1) is 25.5. The average molecular weight is 421 g/mol. The largest absolute Gasteiger partial charge is 0.456 e. The summed E-state index contributed by atoms with van der Waals surface area (Å²) in [7, 11) is 0. The molecule has 0 radical (unpaired) electrons. The smallest absolute Gasteiger partial charge is 0.431 e. The molecule has 0 aromatic heterocycles. The molecule has 1 atom stereocenters. The second-order valence-corrected chi connectivity index (χ2v) is 9.88. The van der Waals surface area contributed by atoms with Crippen LogP contribution in [0.2, 0.25) is 0 Å². The lowest BCUT2D eigenvalue weighted by Gasteiger charge is -2.19. The van der Waals surface area contributed by atoms with Crippen molar-refractivity contribution >= 4 is 18.0 Å². The van der Waals surface area contributed by atoms with Gasteiger partial charge in [0.15, 0.2) is 0 Å². The monoisotopic (exact) mass is 420 g/mol. The van der Waals surface area contributed by atoms with Crippen molar-refractivity contribution in [3.63, 3.8) is 0 Å². The Morgan fingerprint density at radius 1 is 1.00 bits per heavy atom. The van der Waals surface area contributed by atoms with Gasteiger partial charge in [-0.15, -0.1) is 0 Å². The maximum Gasteiger partial charge on any atom is 0.431 e. The standard InChI is InChI=1S/C23H36N2O5/c1-16(8-13-19(26)25-30-21(28)24-15-22(2,3)4)14-17-9-11-18(12-10-17)20(27)29-23(5,6)7/h9-12,16H,8,13-15H2,1-7H3,(H,24,28)(H,25,26). The molecule has 0 fully saturated rings. The fraction of sp³-hybridized carbons (Fsp3) is 0.609. The van der Waals surface area contributed by atoms with Crippen LogP contribution in [0, 0.1) is 11.3 Å². The summed E-state index contributed by atoms with van der Waals surface area (Å²) in [6.45, 7) is 14.0. The summed E-state index contributed by atoms with van der Waals surface area (Å²) in [5.41, 5.74) is 3.18. The molecule has 1 unspecified atom stereocenters. The third-order valence-electron chi connectivity index (χ3n) is 4.06. The molecule has 1 aromatic carbocycles. The molecule has 30 heavy (non-hydrogen) atoms. The van der Waals surface area contributed by atoms with E-state index in [0.29, 0.717) is 18.5 Å². The van der Waals surface area contributed by atoms with E-state index < -0.39 is 11.7 Å². The molecule has 0 saturated carbocycles. The Hall–Kier alpha value is -2.57. The zero-order valence-electron chi connectivity index (χ0n) is 19.3. The number of rotatable bonds is 7. The molecular weight excluding hydrogens is 384 g/mol. The van der Waals surface area contributed by atoms with E-state index in [2.05, 4.69) is 10.8 Å². The van der Waals surface area contributed by atoms with Crippen molar-refractivity contribution in [2.75, 3.05) is 6.54 Å². The molecule has 2 amide bonds. The van der Waals surface area contributed by atoms with E-state index >= 15 is 0 Å². The molecule has 0 aliphatic carbocycles. The van der Waals surface area contributed by atoms with Gasteiger partial charge in [-0.05, 0) is 62.6 Å². The minimum absolute atomic E-state index is 0.0659. The first-order chi connectivity index (χ1) is 13.7. The lowest BCUT2D eigenvalue weighted by atomic mass is 9.96. The van der Waals surface area contributed by atoms with Crippen molar-refractivity contribution in [2.45, 2.75) is 73.3 Å². The van der Waals surface area contributed by atoms with Gasteiger partial charge in [-0.2, -0.15) is 5.48 Å². The zero-order chi connectivity index (χ0) is 22.9. The van der Waals surface area contributed by atoms with Gasteiger partial charge >= 0.3 is 12.1 Å². The molecule has 0 saturated heterocycles. The second-order valence-electron chi connectivity index (χ2n) is 9.88. The van der Waals surface area contributed by atoms with Crippen molar-refractivity contribution in [2.24, 2.45) is 11.3 Å². The van der Waals surface area contributed by atoms with Gasteiger partial charge in [0, 0.05) is 13.0 Å². The molecular formula is C23H36N2O5. The Labute approximate surface area is 179 Å². The van der Waals surface area contributed by atoms with Crippen molar-refractivity contribution in [3.05, 3.63) is 35.4 Å². The van der Waals surface area contributed by atoms with Gasteiger partial charge in [0.25, 0.3) is 5.91 Å². The summed E-state index contributed by atoms with van der Waals surface area (Å²) in [5, 5.41) is 2.59. The first-order valence-corrected chi connectivity index (χ1v) is 10.3. The van der Waals surface area contributed by atoms with Crippen LogP contribution in [0.25, 0.3) is 0 Å². The van der Waals surface area contributed by atoms with Crippen LogP contribution in [0.1, 0.15) is 77.2 Å². The van der Waals surface area contributed by atoms with Crippen LogP contribution in [0.4, 0.5) is 4.79 Å². The number of carbonyl (C=O) groups is 3. The Morgan fingerprint density at radius 3 is 2.13 bits per heavy atom. The summed E-state index contributed by atoms with van der Waals surface area (Å²) in [4.78, 5) is 40.2. The number of benzene rings is 1.